The summed E-state index contributed by atoms with van der Waals surface area (Å²) in [4.78, 5) is 30.0. The summed E-state index contributed by atoms with van der Waals surface area (Å²) in [7, 11) is -1.51. The van der Waals surface area contributed by atoms with Crippen molar-refractivity contribution in [1.82, 2.24) is 14.1 Å². The van der Waals surface area contributed by atoms with Gasteiger partial charge in [-0.2, -0.15) is 13.2 Å². The second kappa shape index (κ2) is 11.9. The van der Waals surface area contributed by atoms with Gasteiger partial charge in [-0.05, 0) is 30.5 Å². The van der Waals surface area contributed by atoms with Crippen LogP contribution in [0, 0.1) is 0 Å². The highest BCUT2D eigenvalue weighted by molar-refractivity contribution is 7.89. The zero-order valence-corrected chi connectivity index (χ0v) is 21.8. The first kappa shape index (κ1) is 29.1. The standard InChI is InChI=1S/C25H29F3N4O5S/c1-30(17-18-10-12-19(13-11-18)23-29-14-16-32(23)24(34)35)22(33)9-5-6-15-31(2)38(36,37)21-8-4-3-7-20(21)25(26,27)28/h3-4,7-8,10-13H,5-6,9,14-17H2,1-2H3,(H,34,35). The van der Waals surface area contributed by atoms with E-state index >= 15 is 0 Å². The molecule has 1 aliphatic rings. The lowest BCUT2D eigenvalue weighted by molar-refractivity contribution is -0.140. The smallest absolute Gasteiger partial charge is 0.417 e. The molecule has 0 radical (unpaired) electrons. The molecule has 1 heterocycles. The Kier molecular flexibility index (Phi) is 9.15. The van der Waals surface area contributed by atoms with Crippen LogP contribution in [0.4, 0.5) is 18.0 Å². The van der Waals surface area contributed by atoms with E-state index in [9.17, 15) is 36.3 Å². The topological polar surface area (TPSA) is 111 Å². The number of amidine groups is 1. The fourth-order valence-corrected chi connectivity index (χ4v) is 5.43. The van der Waals surface area contributed by atoms with Gasteiger partial charge < -0.3 is 10.0 Å². The second-order valence-corrected chi connectivity index (χ2v) is 10.9. The summed E-state index contributed by atoms with van der Waals surface area (Å²) in [5, 5.41) is 9.26. The van der Waals surface area contributed by atoms with E-state index in [-0.39, 0.29) is 18.9 Å². The second-order valence-electron chi connectivity index (χ2n) is 8.86. The van der Waals surface area contributed by atoms with Crippen LogP contribution in [0.15, 0.2) is 58.4 Å². The summed E-state index contributed by atoms with van der Waals surface area (Å²) in [6.45, 7) is 0.996. The maximum Gasteiger partial charge on any atom is 0.417 e. The highest BCUT2D eigenvalue weighted by Gasteiger charge is 2.38. The molecule has 0 saturated carbocycles. The molecule has 3 rings (SSSR count). The molecule has 0 aliphatic carbocycles. The molecule has 9 nitrogen and oxygen atoms in total. The van der Waals surface area contributed by atoms with Crippen LogP contribution in [0.25, 0.3) is 0 Å². The number of amides is 2. The van der Waals surface area contributed by atoms with Crippen LogP contribution in [0.3, 0.4) is 0 Å². The van der Waals surface area contributed by atoms with Crippen molar-refractivity contribution in [3.05, 3.63) is 65.2 Å². The highest BCUT2D eigenvalue weighted by Crippen LogP contribution is 2.35. The number of carboxylic acid groups (broad SMARTS) is 1. The molecule has 0 atom stereocenters. The molecule has 2 aromatic rings. The number of carbonyl (C=O) groups is 2. The summed E-state index contributed by atoms with van der Waals surface area (Å²) in [6.07, 6.45) is -5.07. The molecule has 0 aromatic heterocycles. The van der Waals surface area contributed by atoms with Gasteiger partial charge >= 0.3 is 12.3 Å². The summed E-state index contributed by atoms with van der Waals surface area (Å²) in [5.41, 5.74) is 0.283. The van der Waals surface area contributed by atoms with Crippen LogP contribution in [-0.4, -0.2) is 79.2 Å². The molecule has 0 saturated heterocycles. The molecule has 0 unspecified atom stereocenters. The third-order valence-corrected chi connectivity index (χ3v) is 8.04. The Balaban J connectivity index is 1.49. The first-order valence-electron chi connectivity index (χ1n) is 11.8. The van der Waals surface area contributed by atoms with Crippen LogP contribution in [0.5, 0.6) is 0 Å². The number of nitrogens with zero attached hydrogens (tertiary/aromatic N) is 4. The third-order valence-electron chi connectivity index (χ3n) is 6.12. The summed E-state index contributed by atoms with van der Waals surface area (Å²) in [5.74, 6) is 0.224. The Bertz CT molecular complexity index is 1300. The largest absolute Gasteiger partial charge is 0.465 e. The summed E-state index contributed by atoms with van der Waals surface area (Å²) < 4.78 is 66.0. The minimum atomic E-state index is -4.80. The van der Waals surface area contributed by atoms with Crippen molar-refractivity contribution in [2.75, 3.05) is 33.7 Å². The number of benzene rings is 2. The van der Waals surface area contributed by atoms with E-state index in [0.29, 0.717) is 43.9 Å². The molecule has 206 valence electrons. The van der Waals surface area contributed by atoms with Gasteiger partial charge in [0.25, 0.3) is 0 Å². The van der Waals surface area contributed by atoms with Gasteiger partial charge in [0.05, 0.1) is 23.5 Å². The normalized spacial score (nSPS) is 14.1. The Morgan fingerprint density at radius 2 is 1.71 bits per heavy atom. The van der Waals surface area contributed by atoms with Crippen molar-refractivity contribution in [3.8, 4) is 0 Å². The zero-order valence-electron chi connectivity index (χ0n) is 21.0. The van der Waals surface area contributed by atoms with Gasteiger partial charge in [0.2, 0.25) is 15.9 Å². The minimum absolute atomic E-state index is 0.0375. The molecule has 1 N–H and O–H groups in total. The number of rotatable bonds is 10. The predicted octanol–water partition coefficient (Wildman–Crippen LogP) is 3.90. The van der Waals surface area contributed by atoms with Crippen LogP contribution in [0.2, 0.25) is 0 Å². The Morgan fingerprint density at radius 1 is 1.05 bits per heavy atom. The van der Waals surface area contributed by atoms with Crippen LogP contribution in [0.1, 0.15) is 36.0 Å². The third kappa shape index (κ3) is 6.90. The van der Waals surface area contributed by atoms with E-state index in [1.165, 1.54) is 22.9 Å². The van der Waals surface area contributed by atoms with Crippen molar-refractivity contribution in [3.63, 3.8) is 0 Å². The van der Waals surface area contributed by atoms with E-state index in [0.717, 1.165) is 28.1 Å². The van der Waals surface area contributed by atoms with Crippen LogP contribution in [-0.2, 0) is 27.5 Å². The van der Waals surface area contributed by atoms with E-state index in [4.69, 9.17) is 0 Å². The molecule has 2 amide bonds. The van der Waals surface area contributed by atoms with Crippen LogP contribution >= 0.6 is 0 Å². The fraction of sp³-hybridized carbons (Fsp3) is 0.400. The average Bonchev–Trinajstić information content (AvgIpc) is 3.36. The molecule has 2 aromatic carbocycles. The van der Waals surface area contributed by atoms with Gasteiger partial charge in [0.1, 0.15) is 5.84 Å². The SMILES string of the molecule is CN(Cc1ccc(C2=NCCN2C(=O)O)cc1)C(=O)CCCCN(C)S(=O)(=O)c1ccccc1C(F)(F)F. The quantitative estimate of drug-likeness (QED) is 0.448. The van der Waals surface area contributed by atoms with Gasteiger partial charge in [-0.1, -0.05) is 36.4 Å². The van der Waals surface area contributed by atoms with Crippen molar-refractivity contribution >= 4 is 27.9 Å². The molecule has 13 heteroatoms. The molecule has 38 heavy (non-hydrogen) atoms. The van der Waals surface area contributed by atoms with E-state index in [1.54, 1.807) is 31.3 Å². The Labute approximate surface area is 219 Å². The zero-order chi connectivity index (χ0) is 28.1. The number of carbonyl (C=O) groups excluding carboxylic acids is 1. The van der Waals surface area contributed by atoms with E-state index < -0.39 is 32.8 Å². The lowest BCUT2D eigenvalue weighted by Crippen LogP contribution is -2.33. The summed E-state index contributed by atoms with van der Waals surface area (Å²) >= 11 is 0. The average molecular weight is 555 g/mol. The van der Waals surface area contributed by atoms with Gasteiger partial charge in [-0.25, -0.2) is 17.5 Å². The number of hydrogen-bond donors (Lipinski definition) is 1. The number of halogens is 3. The first-order valence-corrected chi connectivity index (χ1v) is 13.3. The predicted molar refractivity (Wildman–Crippen MR) is 134 cm³/mol. The van der Waals surface area contributed by atoms with Gasteiger partial charge in [-0.3, -0.25) is 14.7 Å². The fourth-order valence-electron chi connectivity index (χ4n) is 4.02. The lowest BCUT2D eigenvalue weighted by Gasteiger charge is -2.21. The van der Waals surface area contributed by atoms with Crippen molar-refractivity contribution in [2.24, 2.45) is 4.99 Å². The maximum atomic E-state index is 13.3. The highest BCUT2D eigenvalue weighted by atomic mass is 32.2. The van der Waals surface area contributed by atoms with Crippen molar-refractivity contribution in [2.45, 2.75) is 36.9 Å². The van der Waals surface area contributed by atoms with Crippen molar-refractivity contribution in [1.29, 1.82) is 0 Å². The molecule has 1 aliphatic heterocycles. The number of aliphatic imine (C=N–C) groups is 1. The summed E-state index contributed by atoms with van der Waals surface area (Å²) in [6, 6.07) is 11.1. The van der Waals surface area contributed by atoms with Gasteiger partial charge in [0, 0.05) is 39.2 Å². The molecule has 0 bridgehead atoms. The van der Waals surface area contributed by atoms with E-state index in [1.807, 2.05) is 0 Å². The number of alkyl halides is 3. The molecule has 0 spiro atoms. The van der Waals surface area contributed by atoms with Gasteiger partial charge in [0.15, 0.2) is 0 Å². The number of unbranched alkanes of at least 4 members (excludes halogenated alkanes) is 1. The Morgan fingerprint density at radius 3 is 2.34 bits per heavy atom. The molecular formula is C25H29F3N4O5S. The number of hydrogen-bond acceptors (Lipinski definition) is 5. The maximum absolute atomic E-state index is 13.3. The van der Waals surface area contributed by atoms with Crippen molar-refractivity contribution < 1.29 is 36.3 Å². The monoisotopic (exact) mass is 554 g/mol. The number of sulfonamides is 1. The minimum Gasteiger partial charge on any atom is -0.465 e. The first-order chi connectivity index (χ1) is 17.8. The van der Waals surface area contributed by atoms with E-state index in [2.05, 4.69) is 4.99 Å². The van der Waals surface area contributed by atoms with Gasteiger partial charge in [-0.15, -0.1) is 0 Å². The molecule has 0 fully saturated rings. The van der Waals surface area contributed by atoms with Crippen LogP contribution < -0.4 is 0 Å². The molecular weight excluding hydrogens is 525 g/mol. The Hall–Kier alpha value is -3.45. The lowest BCUT2D eigenvalue weighted by atomic mass is 10.1.